The maximum absolute atomic E-state index is 12.1. The van der Waals surface area contributed by atoms with Gasteiger partial charge in [-0.3, -0.25) is 13.8 Å². The van der Waals surface area contributed by atoms with E-state index in [1.807, 2.05) is 0 Å². The summed E-state index contributed by atoms with van der Waals surface area (Å²) in [5, 5.41) is 0. The molecule has 2 aromatic rings. The molecule has 1 unspecified atom stereocenters. The molecule has 0 aliphatic carbocycles. The average Bonchev–Trinajstić information content (AvgIpc) is 2.47. The van der Waals surface area contributed by atoms with Gasteiger partial charge in [-0.15, -0.1) is 12.6 Å². The Morgan fingerprint density at radius 1 is 0.905 bits per heavy atom. The van der Waals surface area contributed by atoms with Gasteiger partial charge in [0.05, 0.1) is 6.42 Å². The van der Waals surface area contributed by atoms with Crippen LogP contribution in [0.4, 0.5) is 0 Å². The van der Waals surface area contributed by atoms with E-state index in [-0.39, 0.29) is 18.0 Å². The zero-order valence-electron chi connectivity index (χ0n) is 11.4. The van der Waals surface area contributed by atoms with Gasteiger partial charge in [0.1, 0.15) is 0 Å². The van der Waals surface area contributed by atoms with Gasteiger partial charge in [-0.25, -0.2) is 0 Å². The van der Waals surface area contributed by atoms with E-state index in [2.05, 4.69) is 12.6 Å². The highest BCUT2D eigenvalue weighted by atomic mass is 32.2. The Morgan fingerprint density at radius 2 is 1.33 bits per heavy atom. The molecular formula is C16H14O3S2. The van der Waals surface area contributed by atoms with Gasteiger partial charge in [-0.05, 0) is 24.3 Å². The number of carbonyl (C=O) groups is 2. The predicted octanol–water partition coefficient (Wildman–Crippen LogP) is 3.17. The molecule has 0 fully saturated rings. The minimum Gasteiger partial charge on any atom is -0.294 e. The molecule has 0 amide bonds. The van der Waals surface area contributed by atoms with Crippen LogP contribution < -0.4 is 0 Å². The lowest BCUT2D eigenvalue weighted by Gasteiger charge is -2.03. The van der Waals surface area contributed by atoms with E-state index >= 15 is 0 Å². The van der Waals surface area contributed by atoms with Crippen LogP contribution in [0, 0.1) is 0 Å². The molecule has 0 spiro atoms. The molecule has 0 heterocycles. The number of hydrogen-bond donors (Lipinski definition) is 1. The van der Waals surface area contributed by atoms with Crippen molar-refractivity contribution in [3.05, 3.63) is 59.7 Å². The molecule has 21 heavy (non-hydrogen) atoms. The SMILES string of the molecule is CS(=O)c1ccc(C(=O)CC(=O)c2ccc(S)cc2)cc1. The Hall–Kier alpha value is -1.72. The van der Waals surface area contributed by atoms with E-state index < -0.39 is 10.8 Å². The van der Waals surface area contributed by atoms with E-state index in [1.54, 1.807) is 54.8 Å². The Balaban J connectivity index is 2.08. The quantitative estimate of drug-likeness (QED) is 0.523. The third-order valence-corrected chi connectivity index (χ3v) is 4.25. The first kappa shape index (κ1) is 15.7. The normalized spacial score (nSPS) is 11.9. The third kappa shape index (κ3) is 4.12. The number of carbonyl (C=O) groups excluding carboxylic acids is 2. The topological polar surface area (TPSA) is 51.2 Å². The lowest BCUT2D eigenvalue weighted by Crippen LogP contribution is -2.08. The van der Waals surface area contributed by atoms with Crippen LogP contribution in [-0.4, -0.2) is 22.0 Å². The van der Waals surface area contributed by atoms with Crippen molar-refractivity contribution in [3.8, 4) is 0 Å². The van der Waals surface area contributed by atoms with E-state index in [9.17, 15) is 13.8 Å². The van der Waals surface area contributed by atoms with Crippen LogP contribution in [0.25, 0.3) is 0 Å². The summed E-state index contributed by atoms with van der Waals surface area (Å²) < 4.78 is 11.3. The minimum atomic E-state index is -1.08. The van der Waals surface area contributed by atoms with Crippen LogP contribution in [0.15, 0.2) is 58.3 Å². The lowest BCUT2D eigenvalue weighted by molar-refractivity contribution is 0.0894. The number of thiol groups is 1. The summed E-state index contributed by atoms with van der Waals surface area (Å²) in [6.07, 6.45) is 1.39. The lowest BCUT2D eigenvalue weighted by atomic mass is 10.0. The van der Waals surface area contributed by atoms with E-state index in [1.165, 1.54) is 0 Å². The van der Waals surface area contributed by atoms with Gasteiger partial charge in [-0.2, -0.15) is 0 Å². The first-order valence-electron chi connectivity index (χ1n) is 6.26. The highest BCUT2D eigenvalue weighted by Crippen LogP contribution is 2.13. The van der Waals surface area contributed by atoms with Crippen molar-refractivity contribution >= 4 is 35.0 Å². The second-order valence-electron chi connectivity index (χ2n) is 4.55. The summed E-state index contributed by atoms with van der Waals surface area (Å²) in [4.78, 5) is 25.5. The van der Waals surface area contributed by atoms with Crippen LogP contribution in [0.2, 0.25) is 0 Å². The van der Waals surface area contributed by atoms with Crippen molar-refractivity contribution in [2.24, 2.45) is 0 Å². The molecule has 0 aliphatic rings. The molecule has 0 saturated heterocycles. The van der Waals surface area contributed by atoms with Gasteiger partial charge in [-0.1, -0.05) is 24.3 Å². The summed E-state index contributed by atoms with van der Waals surface area (Å²) >= 11 is 4.15. The summed E-state index contributed by atoms with van der Waals surface area (Å²) in [6.45, 7) is 0. The Morgan fingerprint density at radius 3 is 1.76 bits per heavy atom. The fourth-order valence-electron chi connectivity index (χ4n) is 1.83. The van der Waals surface area contributed by atoms with Gasteiger partial charge in [0, 0.05) is 38.0 Å². The van der Waals surface area contributed by atoms with Crippen molar-refractivity contribution in [2.45, 2.75) is 16.2 Å². The van der Waals surface area contributed by atoms with Gasteiger partial charge in [0.15, 0.2) is 11.6 Å². The van der Waals surface area contributed by atoms with E-state index in [0.717, 1.165) is 4.90 Å². The third-order valence-electron chi connectivity index (χ3n) is 3.02. The Labute approximate surface area is 131 Å². The minimum absolute atomic E-state index is 0.180. The highest BCUT2D eigenvalue weighted by Gasteiger charge is 2.13. The van der Waals surface area contributed by atoms with Crippen molar-refractivity contribution in [3.63, 3.8) is 0 Å². The average molecular weight is 318 g/mol. The molecule has 0 radical (unpaired) electrons. The molecule has 2 aromatic carbocycles. The first-order valence-corrected chi connectivity index (χ1v) is 8.27. The van der Waals surface area contributed by atoms with Gasteiger partial charge in [0.2, 0.25) is 0 Å². The number of Topliss-reactive ketones (excluding diaryl/α,β-unsaturated/α-hetero) is 2. The Kier molecular flexibility index (Phi) is 5.09. The summed E-state index contributed by atoms with van der Waals surface area (Å²) in [7, 11) is -1.08. The molecular weight excluding hydrogens is 304 g/mol. The molecule has 108 valence electrons. The van der Waals surface area contributed by atoms with Crippen molar-refractivity contribution in [1.82, 2.24) is 0 Å². The largest absolute Gasteiger partial charge is 0.294 e. The zero-order valence-corrected chi connectivity index (χ0v) is 13.1. The van der Waals surface area contributed by atoms with Crippen LogP contribution in [0.3, 0.4) is 0 Å². The summed E-state index contributed by atoms with van der Waals surface area (Å²) in [6, 6.07) is 13.2. The van der Waals surface area contributed by atoms with Crippen LogP contribution >= 0.6 is 12.6 Å². The summed E-state index contributed by atoms with van der Waals surface area (Å²) in [5.74, 6) is -0.472. The molecule has 0 bridgehead atoms. The summed E-state index contributed by atoms with van der Waals surface area (Å²) in [5.41, 5.74) is 0.941. The second-order valence-corrected chi connectivity index (χ2v) is 6.44. The zero-order chi connectivity index (χ0) is 15.4. The second kappa shape index (κ2) is 6.83. The van der Waals surface area contributed by atoms with Crippen molar-refractivity contribution < 1.29 is 13.8 Å². The molecule has 0 aliphatic heterocycles. The van der Waals surface area contributed by atoms with Crippen LogP contribution in [0.5, 0.6) is 0 Å². The van der Waals surface area contributed by atoms with Crippen molar-refractivity contribution in [2.75, 3.05) is 6.26 Å². The molecule has 5 heteroatoms. The molecule has 3 nitrogen and oxygen atoms in total. The maximum Gasteiger partial charge on any atom is 0.170 e. The number of benzene rings is 2. The predicted molar refractivity (Wildman–Crippen MR) is 85.7 cm³/mol. The van der Waals surface area contributed by atoms with Gasteiger partial charge >= 0.3 is 0 Å². The smallest absolute Gasteiger partial charge is 0.170 e. The van der Waals surface area contributed by atoms with Crippen LogP contribution in [-0.2, 0) is 10.8 Å². The molecule has 2 rings (SSSR count). The highest BCUT2D eigenvalue weighted by molar-refractivity contribution is 7.84. The molecule has 0 aromatic heterocycles. The fraction of sp³-hybridized carbons (Fsp3) is 0.125. The van der Waals surface area contributed by atoms with E-state index in [4.69, 9.17) is 0 Å². The standard InChI is InChI=1S/C16H14O3S2/c1-21(19)14-8-4-12(5-9-14)16(18)10-15(17)11-2-6-13(20)7-3-11/h2-9,20H,10H2,1H3. The van der Waals surface area contributed by atoms with Gasteiger partial charge in [0.25, 0.3) is 0 Å². The Bertz CT molecular complexity index is 688. The molecule has 0 saturated carbocycles. The molecule has 0 N–H and O–H groups in total. The number of rotatable bonds is 5. The molecule has 1 atom stereocenters. The number of ketones is 2. The monoisotopic (exact) mass is 318 g/mol. The maximum atomic E-state index is 12.1. The van der Waals surface area contributed by atoms with E-state index in [0.29, 0.717) is 16.0 Å². The first-order chi connectivity index (χ1) is 9.97. The number of hydrogen-bond acceptors (Lipinski definition) is 4. The fourth-order valence-corrected chi connectivity index (χ4v) is 2.50. The van der Waals surface area contributed by atoms with Gasteiger partial charge < -0.3 is 0 Å². The van der Waals surface area contributed by atoms with Crippen molar-refractivity contribution in [1.29, 1.82) is 0 Å². The van der Waals surface area contributed by atoms with Crippen LogP contribution in [0.1, 0.15) is 27.1 Å².